The van der Waals surface area contributed by atoms with Crippen LogP contribution in [0.2, 0.25) is 0 Å². The van der Waals surface area contributed by atoms with Gasteiger partial charge < -0.3 is 4.52 Å². The number of rotatable bonds is 1. The zero-order chi connectivity index (χ0) is 7.78. The second-order valence-corrected chi connectivity index (χ2v) is 5.18. The van der Waals surface area contributed by atoms with E-state index in [1.165, 1.54) is 0 Å². The third-order valence-corrected chi connectivity index (χ3v) is 1.60. The Hall–Kier alpha value is -0.130. The van der Waals surface area contributed by atoms with Crippen molar-refractivity contribution in [3.63, 3.8) is 0 Å². The van der Waals surface area contributed by atoms with Crippen LogP contribution in [0.5, 0.6) is 0 Å². The van der Waals surface area contributed by atoms with Crippen molar-refractivity contribution in [2.75, 3.05) is 0 Å². The number of aromatic nitrogens is 1. The SMILES string of the molecule is CC(C)(I)c1nocc1F. The minimum absolute atomic E-state index is 0.297. The molecule has 0 aliphatic heterocycles. The smallest absolute Gasteiger partial charge is 0.187 e. The quantitative estimate of drug-likeness (QED) is 0.569. The third-order valence-electron chi connectivity index (χ3n) is 1.09. The lowest BCUT2D eigenvalue weighted by atomic mass is 10.1. The molecule has 0 aliphatic carbocycles. The summed E-state index contributed by atoms with van der Waals surface area (Å²) >= 11 is 2.10. The molecule has 4 heteroatoms. The molecular formula is C6H7FINO. The highest BCUT2D eigenvalue weighted by Crippen LogP contribution is 2.30. The van der Waals surface area contributed by atoms with Crippen LogP contribution >= 0.6 is 22.6 Å². The summed E-state index contributed by atoms with van der Waals surface area (Å²) in [6.07, 6.45) is 1.01. The van der Waals surface area contributed by atoms with Gasteiger partial charge in [0.25, 0.3) is 0 Å². The highest BCUT2D eigenvalue weighted by atomic mass is 127. The van der Waals surface area contributed by atoms with Crippen molar-refractivity contribution in [2.24, 2.45) is 0 Å². The molecule has 1 heterocycles. The number of hydrogen-bond donors (Lipinski definition) is 0. The predicted octanol–water partition coefficient (Wildman–Crippen LogP) is 2.48. The Morgan fingerprint density at radius 3 is 2.50 bits per heavy atom. The van der Waals surface area contributed by atoms with Crippen LogP contribution in [-0.4, -0.2) is 5.16 Å². The van der Waals surface area contributed by atoms with Crippen LogP contribution in [0.1, 0.15) is 19.5 Å². The van der Waals surface area contributed by atoms with E-state index in [9.17, 15) is 4.39 Å². The van der Waals surface area contributed by atoms with Gasteiger partial charge in [-0.05, 0) is 13.8 Å². The van der Waals surface area contributed by atoms with E-state index in [1.54, 1.807) is 0 Å². The Labute approximate surface area is 71.9 Å². The van der Waals surface area contributed by atoms with Crippen LogP contribution in [0.4, 0.5) is 4.39 Å². The van der Waals surface area contributed by atoms with Gasteiger partial charge in [0.1, 0.15) is 5.69 Å². The summed E-state index contributed by atoms with van der Waals surface area (Å²) in [5.74, 6) is -0.376. The molecule has 0 aliphatic rings. The van der Waals surface area contributed by atoms with Gasteiger partial charge in [-0.15, -0.1) is 0 Å². The number of hydrogen-bond acceptors (Lipinski definition) is 2. The molecule has 0 atom stereocenters. The molecule has 10 heavy (non-hydrogen) atoms. The summed E-state index contributed by atoms with van der Waals surface area (Å²) in [5.41, 5.74) is 0.369. The topological polar surface area (TPSA) is 26.0 Å². The van der Waals surface area contributed by atoms with Crippen LogP contribution in [0.25, 0.3) is 0 Å². The van der Waals surface area contributed by atoms with E-state index in [0.29, 0.717) is 5.69 Å². The lowest BCUT2D eigenvalue weighted by Crippen LogP contribution is -2.08. The molecule has 1 aromatic heterocycles. The molecule has 0 N–H and O–H groups in total. The second-order valence-electron chi connectivity index (χ2n) is 2.48. The molecule has 0 radical (unpaired) electrons. The normalized spacial score (nSPS) is 12.0. The minimum Gasteiger partial charge on any atom is -0.361 e. The summed E-state index contributed by atoms with van der Waals surface area (Å²) in [6, 6.07) is 0. The molecule has 56 valence electrons. The molecule has 1 aromatic rings. The maximum atomic E-state index is 12.7. The predicted molar refractivity (Wildman–Crippen MR) is 43.5 cm³/mol. The molecule has 0 saturated carbocycles. The van der Waals surface area contributed by atoms with E-state index < -0.39 is 0 Å². The molecule has 0 aromatic carbocycles. The fourth-order valence-corrected chi connectivity index (χ4v) is 0.973. The first kappa shape index (κ1) is 7.97. The van der Waals surface area contributed by atoms with E-state index in [1.807, 2.05) is 13.8 Å². The van der Waals surface area contributed by atoms with Gasteiger partial charge in [-0.25, -0.2) is 4.39 Å². The number of nitrogens with zero attached hydrogens (tertiary/aromatic N) is 1. The van der Waals surface area contributed by atoms with Crippen LogP contribution in [0.3, 0.4) is 0 Å². The monoisotopic (exact) mass is 255 g/mol. The Balaban J connectivity index is 3.05. The van der Waals surface area contributed by atoms with Crippen molar-refractivity contribution in [1.29, 1.82) is 0 Å². The van der Waals surface area contributed by atoms with Gasteiger partial charge in [-0.2, -0.15) is 0 Å². The Kier molecular flexibility index (Phi) is 1.98. The summed E-state index contributed by atoms with van der Waals surface area (Å²) in [7, 11) is 0. The lowest BCUT2D eigenvalue weighted by Gasteiger charge is -2.10. The van der Waals surface area contributed by atoms with Crippen molar-refractivity contribution in [1.82, 2.24) is 5.16 Å². The van der Waals surface area contributed by atoms with Gasteiger partial charge in [0, 0.05) is 0 Å². The fraction of sp³-hybridized carbons (Fsp3) is 0.500. The second kappa shape index (κ2) is 2.48. The van der Waals surface area contributed by atoms with Gasteiger partial charge in [0.15, 0.2) is 12.1 Å². The molecule has 0 spiro atoms. The first-order chi connectivity index (χ1) is 4.52. The summed E-state index contributed by atoms with van der Waals surface area (Å²) in [5, 5.41) is 3.53. The largest absolute Gasteiger partial charge is 0.361 e. The molecule has 0 bridgehead atoms. The van der Waals surface area contributed by atoms with Crippen LogP contribution in [0.15, 0.2) is 10.8 Å². The first-order valence-corrected chi connectivity index (χ1v) is 3.89. The van der Waals surface area contributed by atoms with Gasteiger partial charge in [-0.1, -0.05) is 27.7 Å². The summed E-state index contributed by atoms with van der Waals surface area (Å²) in [6.45, 7) is 3.74. The molecule has 0 amide bonds. The highest BCUT2D eigenvalue weighted by Gasteiger charge is 2.24. The third kappa shape index (κ3) is 1.47. The van der Waals surface area contributed by atoms with E-state index in [-0.39, 0.29) is 9.24 Å². The van der Waals surface area contributed by atoms with E-state index >= 15 is 0 Å². The Morgan fingerprint density at radius 1 is 1.70 bits per heavy atom. The molecule has 1 rings (SSSR count). The van der Waals surface area contributed by atoms with Gasteiger partial charge in [-0.3, -0.25) is 0 Å². The summed E-state index contributed by atoms with van der Waals surface area (Å²) in [4.78, 5) is 0. The molecule has 0 unspecified atom stereocenters. The lowest BCUT2D eigenvalue weighted by molar-refractivity contribution is 0.405. The van der Waals surface area contributed by atoms with Gasteiger partial charge in [0.2, 0.25) is 0 Å². The zero-order valence-corrected chi connectivity index (χ0v) is 7.85. The van der Waals surface area contributed by atoms with Crippen LogP contribution in [0, 0.1) is 5.82 Å². The molecule has 0 saturated heterocycles. The molecule has 0 fully saturated rings. The van der Waals surface area contributed by atoms with Crippen molar-refractivity contribution in [3.8, 4) is 0 Å². The van der Waals surface area contributed by atoms with E-state index in [0.717, 1.165) is 6.26 Å². The van der Waals surface area contributed by atoms with Crippen molar-refractivity contribution < 1.29 is 8.91 Å². The number of halogens is 2. The molecule has 2 nitrogen and oxygen atoms in total. The van der Waals surface area contributed by atoms with Crippen LogP contribution in [-0.2, 0) is 3.42 Å². The van der Waals surface area contributed by atoms with E-state index in [4.69, 9.17) is 0 Å². The van der Waals surface area contributed by atoms with Gasteiger partial charge >= 0.3 is 0 Å². The summed E-state index contributed by atoms with van der Waals surface area (Å²) < 4.78 is 16.8. The average molecular weight is 255 g/mol. The molecular weight excluding hydrogens is 248 g/mol. The maximum absolute atomic E-state index is 12.7. The average Bonchev–Trinajstić information content (AvgIpc) is 2.11. The van der Waals surface area contributed by atoms with E-state index in [2.05, 4.69) is 32.3 Å². The van der Waals surface area contributed by atoms with Crippen molar-refractivity contribution >= 4 is 22.6 Å². The standard InChI is InChI=1S/C6H7FINO/c1-6(2,8)5-4(7)3-10-9-5/h3H,1-2H3. The van der Waals surface area contributed by atoms with Crippen molar-refractivity contribution in [3.05, 3.63) is 17.8 Å². The Bertz CT molecular complexity index is 228. The maximum Gasteiger partial charge on any atom is 0.187 e. The highest BCUT2D eigenvalue weighted by molar-refractivity contribution is 14.1. The van der Waals surface area contributed by atoms with Gasteiger partial charge in [0.05, 0.1) is 3.42 Å². The minimum atomic E-state index is -0.376. The van der Waals surface area contributed by atoms with Crippen LogP contribution < -0.4 is 0 Å². The zero-order valence-electron chi connectivity index (χ0n) is 5.69. The van der Waals surface area contributed by atoms with Crippen molar-refractivity contribution in [2.45, 2.75) is 17.3 Å². The Morgan fingerprint density at radius 2 is 2.30 bits per heavy atom. The number of alkyl halides is 1. The first-order valence-electron chi connectivity index (χ1n) is 2.81. The fourth-order valence-electron chi connectivity index (χ4n) is 0.617.